The average molecular weight is 363 g/mol. The monoisotopic (exact) mass is 361 g/mol. The smallest absolute Gasteiger partial charge is 0.325 e. The standard InChI is InChI=1S/C12H13Br2NO2/c13-9-4-3-8(5-10(9)14)11(12(16)17)15-6-7-1-2-7/h3-5,7,11,15H,1-2,6H2,(H,16,17). The largest absolute Gasteiger partial charge is 0.480 e. The van der Waals surface area contributed by atoms with Gasteiger partial charge in [0.25, 0.3) is 0 Å². The van der Waals surface area contributed by atoms with Crippen molar-refractivity contribution in [2.45, 2.75) is 18.9 Å². The van der Waals surface area contributed by atoms with Gasteiger partial charge in [0.2, 0.25) is 0 Å². The van der Waals surface area contributed by atoms with E-state index in [1.165, 1.54) is 12.8 Å². The Balaban J connectivity index is 2.12. The summed E-state index contributed by atoms with van der Waals surface area (Å²) in [6.07, 6.45) is 2.42. The molecule has 1 aliphatic rings. The van der Waals surface area contributed by atoms with Crippen LogP contribution in [0.3, 0.4) is 0 Å². The van der Waals surface area contributed by atoms with Gasteiger partial charge in [0.05, 0.1) is 0 Å². The molecule has 1 aromatic rings. The van der Waals surface area contributed by atoms with E-state index in [2.05, 4.69) is 37.2 Å². The Labute approximate surface area is 117 Å². The predicted octanol–water partition coefficient (Wildman–Crippen LogP) is 3.34. The van der Waals surface area contributed by atoms with E-state index in [9.17, 15) is 9.90 Å². The van der Waals surface area contributed by atoms with Crippen molar-refractivity contribution in [1.29, 1.82) is 0 Å². The number of nitrogens with one attached hydrogen (secondary N) is 1. The molecule has 1 saturated carbocycles. The Hall–Kier alpha value is -0.390. The van der Waals surface area contributed by atoms with Gasteiger partial charge in [-0.2, -0.15) is 0 Å². The summed E-state index contributed by atoms with van der Waals surface area (Å²) >= 11 is 6.76. The summed E-state index contributed by atoms with van der Waals surface area (Å²) in [6, 6.07) is 4.89. The quantitative estimate of drug-likeness (QED) is 0.844. The molecule has 17 heavy (non-hydrogen) atoms. The fraction of sp³-hybridized carbons (Fsp3) is 0.417. The van der Waals surface area contributed by atoms with Gasteiger partial charge in [-0.25, -0.2) is 0 Å². The fourth-order valence-corrected chi connectivity index (χ4v) is 2.29. The highest BCUT2D eigenvalue weighted by Crippen LogP contribution is 2.30. The fourth-order valence-electron chi connectivity index (χ4n) is 1.65. The van der Waals surface area contributed by atoms with Crippen LogP contribution in [0.4, 0.5) is 0 Å². The number of halogens is 2. The highest BCUT2D eigenvalue weighted by molar-refractivity contribution is 9.13. The molecule has 0 heterocycles. The first-order valence-corrected chi connectivity index (χ1v) is 7.07. The molecule has 2 rings (SSSR count). The predicted molar refractivity (Wildman–Crippen MR) is 72.9 cm³/mol. The summed E-state index contributed by atoms with van der Waals surface area (Å²) in [7, 11) is 0. The van der Waals surface area contributed by atoms with Crippen LogP contribution in [0.25, 0.3) is 0 Å². The van der Waals surface area contributed by atoms with Gasteiger partial charge in [-0.15, -0.1) is 0 Å². The second-order valence-corrected chi connectivity index (χ2v) is 6.01. The van der Waals surface area contributed by atoms with E-state index in [0.29, 0.717) is 5.92 Å². The Morgan fingerprint density at radius 1 is 1.41 bits per heavy atom. The molecule has 1 aromatic carbocycles. The van der Waals surface area contributed by atoms with Crippen LogP contribution < -0.4 is 5.32 Å². The van der Waals surface area contributed by atoms with E-state index in [-0.39, 0.29) is 0 Å². The summed E-state index contributed by atoms with van der Waals surface area (Å²) in [6.45, 7) is 0.782. The highest BCUT2D eigenvalue weighted by Gasteiger charge is 2.25. The number of hydrogen-bond acceptors (Lipinski definition) is 2. The average Bonchev–Trinajstić information content (AvgIpc) is 3.07. The van der Waals surface area contributed by atoms with Crippen LogP contribution in [0.5, 0.6) is 0 Å². The van der Waals surface area contributed by atoms with E-state index in [1.54, 1.807) is 0 Å². The van der Waals surface area contributed by atoms with Crippen molar-refractivity contribution in [3.05, 3.63) is 32.7 Å². The molecule has 0 aliphatic heterocycles. The van der Waals surface area contributed by atoms with Crippen molar-refractivity contribution in [1.82, 2.24) is 5.32 Å². The maximum Gasteiger partial charge on any atom is 0.325 e. The molecule has 2 N–H and O–H groups in total. The maximum atomic E-state index is 11.2. The van der Waals surface area contributed by atoms with Crippen LogP contribution in [-0.2, 0) is 4.79 Å². The zero-order valence-electron chi connectivity index (χ0n) is 9.12. The number of hydrogen-bond donors (Lipinski definition) is 2. The third kappa shape index (κ3) is 3.53. The molecule has 1 fully saturated rings. The molecule has 92 valence electrons. The number of aliphatic carboxylic acids is 1. The highest BCUT2D eigenvalue weighted by atomic mass is 79.9. The SMILES string of the molecule is O=C(O)C(NCC1CC1)c1ccc(Br)c(Br)c1. The van der Waals surface area contributed by atoms with Crippen molar-refractivity contribution in [3.63, 3.8) is 0 Å². The second kappa shape index (κ2) is 5.50. The summed E-state index contributed by atoms with van der Waals surface area (Å²) in [4.78, 5) is 11.2. The summed E-state index contributed by atoms with van der Waals surface area (Å²) < 4.78 is 1.79. The van der Waals surface area contributed by atoms with E-state index < -0.39 is 12.0 Å². The van der Waals surface area contributed by atoms with Crippen molar-refractivity contribution in [2.24, 2.45) is 5.92 Å². The minimum absolute atomic E-state index is 0.625. The first-order valence-electron chi connectivity index (χ1n) is 5.49. The van der Waals surface area contributed by atoms with Gasteiger partial charge in [-0.1, -0.05) is 6.07 Å². The van der Waals surface area contributed by atoms with Gasteiger partial charge in [-0.3, -0.25) is 4.79 Å². The van der Waals surface area contributed by atoms with Crippen LogP contribution in [0.1, 0.15) is 24.4 Å². The number of carboxylic acids is 1. The molecule has 1 atom stereocenters. The van der Waals surface area contributed by atoms with Crippen molar-refractivity contribution >= 4 is 37.8 Å². The Kier molecular flexibility index (Phi) is 4.22. The van der Waals surface area contributed by atoms with Gasteiger partial charge < -0.3 is 10.4 Å². The van der Waals surface area contributed by atoms with Crippen LogP contribution in [-0.4, -0.2) is 17.6 Å². The molecule has 3 nitrogen and oxygen atoms in total. The lowest BCUT2D eigenvalue weighted by molar-refractivity contribution is -0.139. The van der Waals surface area contributed by atoms with Crippen LogP contribution in [0, 0.1) is 5.92 Å². The molecule has 1 unspecified atom stereocenters. The summed E-state index contributed by atoms with van der Waals surface area (Å²) in [5, 5.41) is 12.3. The van der Waals surface area contributed by atoms with Crippen molar-refractivity contribution in [2.75, 3.05) is 6.54 Å². The van der Waals surface area contributed by atoms with E-state index in [4.69, 9.17) is 0 Å². The lowest BCUT2D eigenvalue weighted by atomic mass is 10.1. The molecule has 1 aliphatic carbocycles. The van der Waals surface area contributed by atoms with Gasteiger partial charge in [-0.05, 0) is 74.9 Å². The van der Waals surface area contributed by atoms with Crippen molar-refractivity contribution in [3.8, 4) is 0 Å². The summed E-state index contributed by atoms with van der Waals surface area (Å²) in [5.41, 5.74) is 0.772. The number of carboxylic acid groups (broad SMARTS) is 1. The van der Waals surface area contributed by atoms with Gasteiger partial charge in [0.15, 0.2) is 0 Å². The van der Waals surface area contributed by atoms with E-state index in [1.807, 2.05) is 18.2 Å². The topological polar surface area (TPSA) is 49.3 Å². The van der Waals surface area contributed by atoms with Crippen molar-refractivity contribution < 1.29 is 9.90 Å². The Morgan fingerprint density at radius 2 is 2.12 bits per heavy atom. The number of benzene rings is 1. The minimum Gasteiger partial charge on any atom is -0.480 e. The van der Waals surface area contributed by atoms with Gasteiger partial charge in [0, 0.05) is 8.95 Å². The number of carbonyl (C=O) groups is 1. The van der Waals surface area contributed by atoms with Crippen LogP contribution in [0.15, 0.2) is 27.1 Å². The third-order valence-electron chi connectivity index (χ3n) is 2.83. The Bertz CT molecular complexity index is 433. The molecule has 0 saturated heterocycles. The Morgan fingerprint density at radius 3 is 2.65 bits per heavy atom. The maximum absolute atomic E-state index is 11.2. The van der Waals surface area contributed by atoms with E-state index >= 15 is 0 Å². The zero-order valence-corrected chi connectivity index (χ0v) is 12.3. The molecule has 0 spiro atoms. The third-order valence-corrected chi connectivity index (χ3v) is 4.71. The van der Waals surface area contributed by atoms with Crippen LogP contribution >= 0.6 is 31.9 Å². The molecule has 0 amide bonds. The van der Waals surface area contributed by atoms with Gasteiger partial charge >= 0.3 is 5.97 Å². The second-order valence-electron chi connectivity index (χ2n) is 4.30. The lowest BCUT2D eigenvalue weighted by Gasteiger charge is -2.15. The first kappa shape index (κ1) is 13.1. The molecule has 0 bridgehead atoms. The number of rotatable bonds is 5. The van der Waals surface area contributed by atoms with Crippen LogP contribution in [0.2, 0.25) is 0 Å². The minimum atomic E-state index is -0.833. The lowest BCUT2D eigenvalue weighted by Crippen LogP contribution is -2.30. The first-order chi connectivity index (χ1) is 8.08. The molecular weight excluding hydrogens is 350 g/mol. The molecule has 0 radical (unpaired) electrons. The van der Waals surface area contributed by atoms with E-state index in [0.717, 1.165) is 21.1 Å². The summed E-state index contributed by atoms with van der Waals surface area (Å²) in [5.74, 6) is -0.171. The molecule has 0 aromatic heterocycles. The molecule has 5 heteroatoms. The molecular formula is C12H13Br2NO2. The normalized spacial score (nSPS) is 16.8. The zero-order chi connectivity index (χ0) is 12.4. The van der Waals surface area contributed by atoms with Gasteiger partial charge in [0.1, 0.15) is 6.04 Å².